The van der Waals surface area contributed by atoms with Crippen LogP contribution in [0.25, 0.3) is 0 Å². The molecule has 0 spiro atoms. The van der Waals surface area contributed by atoms with E-state index in [1.165, 1.54) is 11.3 Å². The minimum atomic E-state index is -0.157. The molecule has 2 aromatic rings. The van der Waals surface area contributed by atoms with Crippen LogP contribution in [0.1, 0.15) is 25.9 Å². The number of benzene rings is 1. The van der Waals surface area contributed by atoms with E-state index in [1.807, 2.05) is 38.1 Å². The summed E-state index contributed by atoms with van der Waals surface area (Å²) >= 11 is 1.39. The molecule has 1 aromatic heterocycles. The molecule has 0 saturated carbocycles. The van der Waals surface area contributed by atoms with Crippen molar-refractivity contribution in [1.29, 1.82) is 0 Å². The van der Waals surface area contributed by atoms with Crippen LogP contribution in [0.15, 0.2) is 24.3 Å². The fraction of sp³-hybridized carbons (Fsp3) is 0.200. The molecule has 0 aliphatic rings. The Bertz CT molecular complexity index is 695. The van der Waals surface area contributed by atoms with Crippen molar-refractivity contribution < 1.29 is 4.79 Å². The van der Waals surface area contributed by atoms with Crippen LogP contribution in [0.4, 0.5) is 5.69 Å². The number of rotatable bonds is 2. The van der Waals surface area contributed by atoms with Gasteiger partial charge in [0.15, 0.2) is 0 Å². The molecule has 2 rings (SSSR count). The quantitative estimate of drug-likeness (QED) is 0.832. The molecule has 3 N–H and O–H groups in total. The lowest BCUT2D eigenvalue weighted by Crippen LogP contribution is -2.12. The van der Waals surface area contributed by atoms with Crippen LogP contribution in [0.3, 0.4) is 0 Å². The molecule has 0 saturated heterocycles. The molecular weight excluding hydrogens is 270 g/mol. The molecule has 1 aromatic carbocycles. The number of para-hydroxylation sites is 1. The monoisotopic (exact) mass is 285 g/mol. The number of carbonyl (C=O) groups is 1. The average Bonchev–Trinajstić information content (AvgIpc) is 2.77. The van der Waals surface area contributed by atoms with Gasteiger partial charge < -0.3 is 11.1 Å². The smallest absolute Gasteiger partial charge is 0.267 e. The summed E-state index contributed by atoms with van der Waals surface area (Å²) in [5, 5.41) is 3.76. The van der Waals surface area contributed by atoms with Gasteiger partial charge in [-0.15, -0.1) is 11.3 Å². The average molecular weight is 285 g/mol. The maximum atomic E-state index is 12.3. The number of nitrogens with zero attached hydrogens (tertiary/aromatic N) is 1. The highest BCUT2D eigenvalue weighted by Crippen LogP contribution is 2.20. The van der Waals surface area contributed by atoms with E-state index in [0.717, 1.165) is 16.3 Å². The Morgan fingerprint density at radius 2 is 2.15 bits per heavy atom. The molecule has 0 atom stereocenters. The Morgan fingerprint density at radius 1 is 1.40 bits per heavy atom. The predicted molar refractivity (Wildman–Crippen MR) is 81.9 cm³/mol. The summed E-state index contributed by atoms with van der Waals surface area (Å²) in [4.78, 5) is 17.1. The minimum Gasteiger partial charge on any atom is -0.320 e. The van der Waals surface area contributed by atoms with Crippen LogP contribution in [0.2, 0.25) is 0 Å². The van der Waals surface area contributed by atoms with Crippen LogP contribution >= 0.6 is 11.3 Å². The largest absolute Gasteiger partial charge is 0.320 e. The molecule has 0 radical (unpaired) electrons. The molecule has 0 aliphatic heterocycles. The Labute approximate surface area is 122 Å². The van der Waals surface area contributed by atoms with E-state index >= 15 is 0 Å². The molecule has 0 unspecified atom stereocenters. The summed E-state index contributed by atoms with van der Waals surface area (Å²) < 4.78 is 0. The number of nitrogens with two attached hydrogens (primary N) is 1. The van der Waals surface area contributed by atoms with Gasteiger partial charge in [-0.25, -0.2) is 4.98 Å². The summed E-state index contributed by atoms with van der Waals surface area (Å²) in [7, 11) is 0. The normalized spacial score (nSPS) is 9.75. The van der Waals surface area contributed by atoms with Crippen LogP contribution in [0.5, 0.6) is 0 Å². The molecule has 0 aliphatic carbocycles. The zero-order valence-electron chi connectivity index (χ0n) is 11.4. The van der Waals surface area contributed by atoms with Crippen molar-refractivity contribution in [2.24, 2.45) is 5.73 Å². The topological polar surface area (TPSA) is 68.0 Å². The van der Waals surface area contributed by atoms with Crippen molar-refractivity contribution in [3.63, 3.8) is 0 Å². The number of thiazole rings is 1. The van der Waals surface area contributed by atoms with Crippen LogP contribution in [-0.4, -0.2) is 17.4 Å². The maximum absolute atomic E-state index is 12.3. The van der Waals surface area contributed by atoms with E-state index in [-0.39, 0.29) is 12.5 Å². The molecular formula is C15H15N3OS. The van der Waals surface area contributed by atoms with Crippen molar-refractivity contribution in [3.8, 4) is 11.8 Å². The van der Waals surface area contributed by atoms with Gasteiger partial charge in [0.05, 0.1) is 22.9 Å². The lowest BCUT2D eigenvalue weighted by atomic mass is 10.2. The van der Waals surface area contributed by atoms with Crippen LogP contribution < -0.4 is 11.1 Å². The summed E-state index contributed by atoms with van der Waals surface area (Å²) in [6.45, 7) is 4.00. The van der Waals surface area contributed by atoms with Crippen molar-refractivity contribution in [1.82, 2.24) is 4.98 Å². The number of nitrogens with one attached hydrogen (secondary N) is 1. The second-order valence-electron chi connectivity index (χ2n) is 4.15. The second kappa shape index (κ2) is 6.33. The molecule has 1 amide bonds. The highest BCUT2D eigenvalue weighted by Gasteiger charge is 2.14. The van der Waals surface area contributed by atoms with E-state index in [4.69, 9.17) is 5.73 Å². The summed E-state index contributed by atoms with van der Waals surface area (Å²) in [6, 6.07) is 7.40. The molecule has 0 fully saturated rings. The van der Waals surface area contributed by atoms with Crippen molar-refractivity contribution >= 4 is 22.9 Å². The van der Waals surface area contributed by atoms with Gasteiger partial charge in [-0.2, -0.15) is 0 Å². The van der Waals surface area contributed by atoms with E-state index in [9.17, 15) is 4.79 Å². The van der Waals surface area contributed by atoms with Gasteiger partial charge in [0.2, 0.25) is 0 Å². The van der Waals surface area contributed by atoms with Crippen molar-refractivity contribution in [3.05, 3.63) is 45.4 Å². The summed E-state index contributed by atoms with van der Waals surface area (Å²) in [5.41, 5.74) is 7.56. The fourth-order valence-corrected chi connectivity index (χ4v) is 2.58. The first-order valence-electron chi connectivity index (χ1n) is 6.15. The fourth-order valence-electron chi connectivity index (χ4n) is 1.77. The predicted octanol–water partition coefficient (Wildman–Crippen LogP) is 2.32. The minimum absolute atomic E-state index is 0.157. The molecule has 20 heavy (non-hydrogen) atoms. The Hall–Kier alpha value is -2.16. The highest BCUT2D eigenvalue weighted by molar-refractivity contribution is 7.13. The number of anilines is 1. The zero-order valence-corrected chi connectivity index (χ0v) is 12.2. The zero-order chi connectivity index (χ0) is 14.5. The number of carbonyl (C=O) groups excluding carboxylic acids is 1. The first-order chi connectivity index (χ1) is 9.61. The molecule has 102 valence electrons. The summed E-state index contributed by atoms with van der Waals surface area (Å²) in [6.07, 6.45) is 0. The second-order valence-corrected chi connectivity index (χ2v) is 5.36. The Morgan fingerprint density at radius 3 is 2.80 bits per heavy atom. The SMILES string of the molecule is Cc1nc(C)c(C(=O)Nc2ccccc2C#CCN)s1. The Kier molecular flexibility index (Phi) is 4.51. The number of aryl methyl sites for hydroxylation is 2. The number of hydrogen-bond acceptors (Lipinski definition) is 4. The van der Waals surface area contributed by atoms with Crippen molar-refractivity contribution in [2.75, 3.05) is 11.9 Å². The lowest BCUT2D eigenvalue weighted by molar-refractivity contribution is 0.103. The number of amides is 1. The van der Waals surface area contributed by atoms with Gasteiger partial charge in [0.25, 0.3) is 5.91 Å². The van der Waals surface area contributed by atoms with E-state index in [1.54, 1.807) is 0 Å². The van der Waals surface area contributed by atoms with Crippen LogP contribution in [-0.2, 0) is 0 Å². The molecule has 1 heterocycles. The maximum Gasteiger partial charge on any atom is 0.267 e. The molecule has 0 bridgehead atoms. The standard InChI is InChI=1S/C15H15N3OS/c1-10-14(20-11(2)17-10)15(19)18-13-8-4-3-6-12(13)7-5-9-16/h3-4,6,8H,9,16H2,1-2H3,(H,18,19). The lowest BCUT2D eigenvalue weighted by Gasteiger charge is -2.06. The molecule has 4 nitrogen and oxygen atoms in total. The van der Waals surface area contributed by atoms with E-state index < -0.39 is 0 Å². The third kappa shape index (κ3) is 3.23. The number of aromatic nitrogens is 1. The van der Waals surface area contributed by atoms with Gasteiger partial charge in [0.1, 0.15) is 4.88 Å². The first kappa shape index (κ1) is 14.3. The Balaban J connectivity index is 2.26. The molecule has 5 heteroatoms. The van der Waals surface area contributed by atoms with Gasteiger partial charge in [-0.1, -0.05) is 24.0 Å². The third-order valence-corrected chi connectivity index (χ3v) is 3.68. The van der Waals surface area contributed by atoms with E-state index in [2.05, 4.69) is 22.1 Å². The third-order valence-electron chi connectivity index (χ3n) is 2.61. The van der Waals surface area contributed by atoms with Crippen LogP contribution in [0, 0.1) is 25.7 Å². The van der Waals surface area contributed by atoms with Gasteiger partial charge in [-0.05, 0) is 26.0 Å². The first-order valence-corrected chi connectivity index (χ1v) is 6.97. The number of hydrogen-bond donors (Lipinski definition) is 2. The summed E-state index contributed by atoms with van der Waals surface area (Å²) in [5.74, 6) is 5.58. The van der Waals surface area contributed by atoms with Gasteiger partial charge >= 0.3 is 0 Å². The van der Waals surface area contributed by atoms with Gasteiger partial charge in [0, 0.05) is 5.56 Å². The van der Waals surface area contributed by atoms with Gasteiger partial charge in [-0.3, -0.25) is 4.79 Å². The highest BCUT2D eigenvalue weighted by atomic mass is 32.1. The van der Waals surface area contributed by atoms with E-state index in [0.29, 0.717) is 10.6 Å². The van der Waals surface area contributed by atoms with Crippen molar-refractivity contribution in [2.45, 2.75) is 13.8 Å².